The molecule has 0 unspecified atom stereocenters. The minimum Gasteiger partial charge on any atom is -0.550 e. The molecule has 160 valence electrons. The van der Waals surface area contributed by atoms with Gasteiger partial charge in [-0.3, -0.25) is 4.79 Å². The second-order valence-electron chi connectivity index (χ2n) is 9.06. The van der Waals surface area contributed by atoms with Gasteiger partial charge in [-0.1, -0.05) is 72.8 Å². The fraction of sp³-hybridized carbons (Fsp3) is 0.385. The van der Waals surface area contributed by atoms with E-state index in [0.717, 1.165) is 19.5 Å². The first-order chi connectivity index (χ1) is 15.1. The van der Waals surface area contributed by atoms with Crippen LogP contribution in [0.25, 0.3) is 0 Å². The number of nitrogens with one attached hydrogen (secondary N) is 1. The van der Waals surface area contributed by atoms with Crippen LogP contribution in [-0.4, -0.2) is 43.0 Å². The Bertz CT molecular complexity index is 927. The highest BCUT2D eigenvalue weighted by molar-refractivity contribution is 5.86. The van der Waals surface area contributed by atoms with Crippen LogP contribution in [0.1, 0.15) is 23.6 Å². The SMILES string of the molecule is O=C([O-])[C@@H]1[C@H](C(=O)N2CC[NH+](C(c3ccccc3)c3ccccc3)CC2)[C@@H]2C=C[C@@H]1C2. The number of carboxylic acid groups (broad SMARTS) is 1. The standard InChI is InChI=1S/C26H28N2O3/c29-25(22-20-11-12-21(17-20)23(22)26(30)31)28-15-13-27(14-16-28)24(18-7-3-1-4-8-18)19-9-5-2-6-10-19/h1-12,20-24H,13-17H2,(H,30,31)/t20-,21-,22-,23+/m1/s1. The van der Waals surface area contributed by atoms with Gasteiger partial charge in [0, 0.05) is 23.0 Å². The molecule has 4 atom stereocenters. The molecule has 5 heteroatoms. The van der Waals surface area contributed by atoms with Gasteiger partial charge in [-0.2, -0.15) is 0 Å². The van der Waals surface area contributed by atoms with Crippen molar-refractivity contribution in [3.05, 3.63) is 83.9 Å². The van der Waals surface area contributed by atoms with E-state index in [1.807, 2.05) is 29.2 Å². The monoisotopic (exact) mass is 416 g/mol. The molecule has 1 amide bonds. The molecule has 2 bridgehead atoms. The van der Waals surface area contributed by atoms with E-state index in [-0.39, 0.29) is 23.8 Å². The third kappa shape index (κ3) is 3.68. The van der Waals surface area contributed by atoms with Crippen molar-refractivity contribution in [1.29, 1.82) is 0 Å². The van der Waals surface area contributed by atoms with E-state index in [1.54, 1.807) is 0 Å². The number of hydrogen-bond acceptors (Lipinski definition) is 3. The van der Waals surface area contributed by atoms with Gasteiger partial charge in [0.2, 0.25) is 5.91 Å². The number of hydrogen-bond donors (Lipinski definition) is 1. The van der Waals surface area contributed by atoms with Gasteiger partial charge in [-0.05, 0) is 18.3 Å². The van der Waals surface area contributed by atoms with Crippen molar-refractivity contribution in [1.82, 2.24) is 4.90 Å². The molecular weight excluding hydrogens is 388 g/mol. The Kier molecular flexibility index (Phi) is 5.36. The number of allylic oxidation sites excluding steroid dienone is 2. The van der Waals surface area contributed by atoms with Crippen LogP contribution in [0.2, 0.25) is 0 Å². The van der Waals surface area contributed by atoms with Gasteiger partial charge in [0.25, 0.3) is 0 Å². The first-order valence-electron chi connectivity index (χ1n) is 11.3. The highest BCUT2D eigenvalue weighted by atomic mass is 16.4. The molecule has 1 aliphatic heterocycles. The normalized spacial score (nSPS) is 27.7. The van der Waals surface area contributed by atoms with Gasteiger partial charge in [0.15, 0.2) is 0 Å². The van der Waals surface area contributed by atoms with E-state index in [1.165, 1.54) is 16.0 Å². The van der Waals surface area contributed by atoms with Crippen molar-refractivity contribution in [2.24, 2.45) is 23.7 Å². The van der Waals surface area contributed by atoms with Gasteiger partial charge in [-0.15, -0.1) is 0 Å². The van der Waals surface area contributed by atoms with E-state index in [0.29, 0.717) is 13.1 Å². The zero-order chi connectivity index (χ0) is 21.4. The maximum atomic E-state index is 13.3. The molecule has 0 radical (unpaired) electrons. The molecule has 5 nitrogen and oxygen atoms in total. The number of benzene rings is 2. The highest BCUT2D eigenvalue weighted by Crippen LogP contribution is 2.48. The fourth-order valence-electron chi connectivity index (χ4n) is 5.95. The number of piperazine rings is 1. The smallest absolute Gasteiger partial charge is 0.227 e. The van der Waals surface area contributed by atoms with Crippen molar-refractivity contribution in [3.8, 4) is 0 Å². The van der Waals surface area contributed by atoms with Crippen molar-refractivity contribution in [3.63, 3.8) is 0 Å². The van der Waals surface area contributed by atoms with Crippen LogP contribution >= 0.6 is 0 Å². The maximum absolute atomic E-state index is 13.3. The lowest BCUT2D eigenvalue weighted by molar-refractivity contribution is -0.929. The molecule has 0 aromatic heterocycles. The van der Waals surface area contributed by atoms with Crippen LogP contribution in [-0.2, 0) is 9.59 Å². The fourth-order valence-corrected chi connectivity index (χ4v) is 5.95. The lowest BCUT2D eigenvalue weighted by Gasteiger charge is -2.39. The van der Waals surface area contributed by atoms with Gasteiger partial charge in [0.05, 0.1) is 32.1 Å². The van der Waals surface area contributed by atoms with Gasteiger partial charge >= 0.3 is 0 Å². The third-order valence-electron chi connectivity index (χ3n) is 7.41. The Hall–Kier alpha value is -2.92. The Morgan fingerprint density at radius 3 is 1.87 bits per heavy atom. The molecule has 2 fully saturated rings. The van der Waals surface area contributed by atoms with E-state index in [4.69, 9.17) is 0 Å². The second-order valence-corrected chi connectivity index (χ2v) is 9.06. The number of rotatable bonds is 5. The van der Waals surface area contributed by atoms with Crippen LogP contribution in [0.15, 0.2) is 72.8 Å². The molecule has 2 aliphatic carbocycles. The minimum atomic E-state index is -1.08. The summed E-state index contributed by atoms with van der Waals surface area (Å²) in [7, 11) is 0. The number of carbonyl (C=O) groups is 2. The van der Waals surface area contributed by atoms with Crippen molar-refractivity contribution in [2.45, 2.75) is 12.5 Å². The van der Waals surface area contributed by atoms with Crippen LogP contribution in [0, 0.1) is 23.7 Å². The molecular formula is C26H28N2O3. The van der Waals surface area contributed by atoms with Crippen LogP contribution in [0.5, 0.6) is 0 Å². The quantitative estimate of drug-likeness (QED) is 0.730. The molecule has 1 saturated heterocycles. The molecule has 1 saturated carbocycles. The molecule has 1 N–H and O–H groups in total. The van der Waals surface area contributed by atoms with Crippen molar-refractivity contribution >= 4 is 11.9 Å². The first-order valence-corrected chi connectivity index (χ1v) is 11.3. The molecule has 2 aromatic carbocycles. The van der Waals surface area contributed by atoms with Crippen LogP contribution < -0.4 is 10.0 Å². The lowest BCUT2D eigenvalue weighted by atomic mass is 9.82. The van der Waals surface area contributed by atoms with E-state index >= 15 is 0 Å². The summed E-state index contributed by atoms with van der Waals surface area (Å²) in [5, 5.41) is 11.7. The zero-order valence-corrected chi connectivity index (χ0v) is 17.5. The lowest BCUT2D eigenvalue weighted by Crippen LogP contribution is -3.15. The second kappa shape index (κ2) is 8.31. The third-order valence-corrected chi connectivity index (χ3v) is 7.41. The number of fused-ring (bicyclic) bond motifs is 2. The summed E-state index contributed by atoms with van der Waals surface area (Å²) in [6, 6.07) is 21.3. The van der Waals surface area contributed by atoms with Crippen molar-refractivity contribution in [2.75, 3.05) is 26.2 Å². The summed E-state index contributed by atoms with van der Waals surface area (Å²) in [6.07, 6.45) is 4.76. The zero-order valence-electron chi connectivity index (χ0n) is 17.5. The summed E-state index contributed by atoms with van der Waals surface area (Å²) < 4.78 is 0. The van der Waals surface area contributed by atoms with Crippen molar-refractivity contribution < 1.29 is 19.6 Å². The first kappa shape index (κ1) is 20.0. The Morgan fingerprint density at radius 1 is 0.839 bits per heavy atom. The summed E-state index contributed by atoms with van der Waals surface area (Å²) in [6.45, 7) is 2.99. The Morgan fingerprint density at radius 2 is 1.35 bits per heavy atom. The largest absolute Gasteiger partial charge is 0.550 e. The summed E-state index contributed by atoms with van der Waals surface area (Å²) in [4.78, 5) is 28.4. The van der Waals surface area contributed by atoms with Crippen LogP contribution in [0.4, 0.5) is 0 Å². The summed E-state index contributed by atoms with van der Waals surface area (Å²) in [5.41, 5.74) is 2.55. The van der Waals surface area contributed by atoms with Gasteiger partial charge in [-0.25, -0.2) is 0 Å². The van der Waals surface area contributed by atoms with E-state index in [9.17, 15) is 14.7 Å². The van der Waals surface area contributed by atoms with E-state index in [2.05, 4.69) is 48.5 Å². The van der Waals surface area contributed by atoms with Gasteiger partial charge < -0.3 is 19.7 Å². The summed E-state index contributed by atoms with van der Waals surface area (Å²) in [5.74, 6) is -2.20. The predicted octanol–water partition coefficient (Wildman–Crippen LogP) is 0.691. The van der Waals surface area contributed by atoms with Gasteiger partial charge in [0.1, 0.15) is 6.04 Å². The molecule has 3 aliphatic rings. The number of carboxylic acids is 1. The molecule has 31 heavy (non-hydrogen) atoms. The number of carbonyl (C=O) groups excluding carboxylic acids is 2. The predicted molar refractivity (Wildman–Crippen MR) is 115 cm³/mol. The number of nitrogens with zero attached hydrogens (tertiary/aromatic N) is 1. The average Bonchev–Trinajstić information content (AvgIpc) is 3.43. The number of amides is 1. The average molecular weight is 417 g/mol. The number of aliphatic carboxylic acids is 1. The molecule has 0 spiro atoms. The Balaban J connectivity index is 1.32. The van der Waals surface area contributed by atoms with Crippen LogP contribution in [0.3, 0.4) is 0 Å². The highest BCUT2D eigenvalue weighted by Gasteiger charge is 2.50. The van der Waals surface area contributed by atoms with E-state index < -0.39 is 17.8 Å². The molecule has 1 heterocycles. The minimum absolute atomic E-state index is 0.000993. The molecule has 2 aromatic rings. The Labute approximate surface area is 183 Å². The summed E-state index contributed by atoms with van der Waals surface area (Å²) >= 11 is 0. The molecule has 5 rings (SSSR count). The number of quaternary nitrogens is 1. The maximum Gasteiger partial charge on any atom is 0.227 e. The topological polar surface area (TPSA) is 64.9 Å².